The van der Waals surface area contributed by atoms with Gasteiger partial charge in [-0.1, -0.05) is 30.3 Å². The molecule has 0 atom stereocenters. The Morgan fingerprint density at radius 1 is 0.471 bits per heavy atom. The van der Waals surface area contributed by atoms with Gasteiger partial charge >= 0.3 is 18.5 Å². The average molecular weight is 703 g/mol. The molecular formula is C36H15F9N6. The fourth-order valence-corrected chi connectivity index (χ4v) is 6.21. The molecule has 0 aliphatic carbocycles. The summed E-state index contributed by atoms with van der Waals surface area (Å²) in [7, 11) is 0. The van der Waals surface area contributed by atoms with E-state index in [1.54, 1.807) is 36.7 Å². The van der Waals surface area contributed by atoms with Gasteiger partial charge in [0.1, 0.15) is 21.7 Å². The van der Waals surface area contributed by atoms with Gasteiger partial charge in [-0.25, -0.2) is 9.97 Å². The normalized spacial score (nSPS) is 13.5. The summed E-state index contributed by atoms with van der Waals surface area (Å²) in [6.07, 6.45) is -11.4. The molecule has 15 heteroatoms. The highest BCUT2D eigenvalue weighted by atomic mass is 19.4. The van der Waals surface area contributed by atoms with Gasteiger partial charge in [-0.2, -0.15) is 60.0 Å². The van der Waals surface area contributed by atoms with Crippen molar-refractivity contribution in [1.82, 2.24) is 9.97 Å². The first-order valence-corrected chi connectivity index (χ1v) is 14.6. The monoisotopic (exact) mass is 702 g/mol. The quantitative estimate of drug-likeness (QED) is 0.132. The number of benzene rings is 4. The number of alkyl halides is 9. The minimum absolute atomic E-state index is 0.0203. The summed E-state index contributed by atoms with van der Waals surface area (Å²) in [4.78, 5) is 17.2. The molecule has 6 nitrogen and oxygen atoms in total. The van der Waals surface area contributed by atoms with Crippen LogP contribution >= 0.6 is 0 Å². The van der Waals surface area contributed by atoms with Crippen molar-refractivity contribution >= 4 is 43.6 Å². The Morgan fingerprint density at radius 2 is 0.863 bits per heavy atom. The maximum absolute atomic E-state index is 13.6. The largest absolute Gasteiger partial charge is 0.416 e. The summed E-state index contributed by atoms with van der Waals surface area (Å²) < 4.78 is 122. The lowest BCUT2D eigenvalue weighted by atomic mass is 9.98. The van der Waals surface area contributed by atoms with E-state index in [-0.39, 0.29) is 60.9 Å². The number of rotatable bonds is 2. The van der Waals surface area contributed by atoms with E-state index in [1.165, 1.54) is 25.1 Å². The summed E-state index contributed by atoms with van der Waals surface area (Å²) in [6, 6.07) is 13.5. The predicted octanol–water partition coefficient (Wildman–Crippen LogP) is 9.43. The van der Waals surface area contributed by atoms with E-state index >= 15 is 0 Å². The zero-order valence-corrected chi connectivity index (χ0v) is 25.5. The molecule has 1 aromatic heterocycles. The molecule has 0 saturated heterocycles. The highest BCUT2D eigenvalue weighted by Crippen LogP contribution is 2.40. The van der Waals surface area contributed by atoms with Crippen LogP contribution in [0.25, 0.3) is 65.9 Å². The Hall–Kier alpha value is -6.35. The summed E-state index contributed by atoms with van der Waals surface area (Å²) in [5.41, 5.74) is -2.70. The molecule has 0 N–H and O–H groups in total. The molecule has 0 fully saturated rings. The van der Waals surface area contributed by atoms with E-state index < -0.39 is 35.2 Å². The second-order valence-corrected chi connectivity index (χ2v) is 11.6. The number of aryl methyl sites for hydroxylation is 1. The van der Waals surface area contributed by atoms with Gasteiger partial charge in [-0.15, -0.1) is 0 Å². The van der Waals surface area contributed by atoms with Gasteiger partial charge in [0.05, 0.1) is 27.7 Å². The van der Waals surface area contributed by atoms with E-state index in [0.29, 0.717) is 39.4 Å². The molecular weight excluding hydrogens is 687 g/mol. The number of nitrogens with zero attached hydrogens (tertiary/aromatic N) is 6. The fraction of sp³-hybridized carbons (Fsp3) is 0.111. The lowest BCUT2D eigenvalue weighted by Crippen LogP contribution is -2.11. The first-order chi connectivity index (χ1) is 24.0. The van der Waals surface area contributed by atoms with Crippen molar-refractivity contribution in [1.29, 1.82) is 10.5 Å². The highest BCUT2D eigenvalue weighted by molar-refractivity contribution is 6.15. The lowest BCUT2D eigenvalue weighted by Gasteiger charge is -2.14. The second-order valence-electron chi connectivity index (χ2n) is 11.6. The van der Waals surface area contributed by atoms with Crippen LogP contribution in [-0.4, -0.2) is 9.97 Å². The minimum Gasteiger partial charge on any atom is -0.241 e. The summed E-state index contributed by atoms with van der Waals surface area (Å²) in [5, 5.41) is 20.3. The molecule has 0 unspecified atom stereocenters. The van der Waals surface area contributed by atoms with Crippen molar-refractivity contribution in [3.8, 4) is 34.6 Å². The van der Waals surface area contributed by atoms with Crippen LogP contribution in [-0.2, 0) is 18.5 Å². The van der Waals surface area contributed by atoms with Crippen LogP contribution in [0.1, 0.15) is 22.3 Å². The van der Waals surface area contributed by atoms with Gasteiger partial charge in [-0.3, -0.25) is 0 Å². The summed E-state index contributed by atoms with van der Waals surface area (Å²) >= 11 is 0. The molecule has 0 aliphatic heterocycles. The Balaban J connectivity index is 1.48. The molecule has 0 radical (unpaired) electrons. The van der Waals surface area contributed by atoms with Crippen molar-refractivity contribution in [3.05, 3.63) is 106 Å². The van der Waals surface area contributed by atoms with E-state index in [2.05, 4.69) is 9.98 Å². The van der Waals surface area contributed by atoms with E-state index in [1.807, 2.05) is 0 Å². The summed E-state index contributed by atoms with van der Waals surface area (Å²) in [6.45, 7) is 1.53. The number of hydrogen-bond donors (Lipinski definition) is 0. The molecule has 0 amide bonds. The van der Waals surface area contributed by atoms with Gasteiger partial charge in [0.15, 0.2) is 0 Å². The molecule has 0 bridgehead atoms. The lowest BCUT2D eigenvalue weighted by molar-refractivity contribution is -0.143. The van der Waals surface area contributed by atoms with Crippen LogP contribution in [0.2, 0.25) is 0 Å². The van der Waals surface area contributed by atoms with Gasteiger partial charge in [0, 0.05) is 21.5 Å². The van der Waals surface area contributed by atoms with Gasteiger partial charge in [0.2, 0.25) is 12.4 Å². The Morgan fingerprint density at radius 3 is 1.25 bits per heavy atom. The van der Waals surface area contributed by atoms with Crippen LogP contribution in [0.15, 0.2) is 82.8 Å². The molecule has 6 aromatic carbocycles. The van der Waals surface area contributed by atoms with Gasteiger partial charge < -0.3 is 0 Å². The predicted molar refractivity (Wildman–Crippen MR) is 167 cm³/mol. The van der Waals surface area contributed by atoms with Crippen molar-refractivity contribution in [2.75, 3.05) is 0 Å². The van der Waals surface area contributed by atoms with Gasteiger partial charge in [0.25, 0.3) is 0 Å². The zero-order valence-electron chi connectivity index (χ0n) is 25.5. The third kappa shape index (κ3) is 5.66. The van der Waals surface area contributed by atoms with Crippen LogP contribution in [0.3, 0.4) is 0 Å². The Labute approximate surface area is 279 Å². The molecule has 252 valence electrons. The third-order valence-electron chi connectivity index (χ3n) is 8.39. The molecule has 0 saturated carbocycles. The molecule has 0 aliphatic rings. The topological polar surface area (TPSA) is 98.1 Å². The van der Waals surface area contributed by atoms with E-state index in [4.69, 9.17) is 9.97 Å². The number of halogens is 9. The van der Waals surface area contributed by atoms with Crippen molar-refractivity contribution in [2.24, 2.45) is 9.98 Å². The van der Waals surface area contributed by atoms with Crippen molar-refractivity contribution in [3.63, 3.8) is 0 Å². The van der Waals surface area contributed by atoms with Crippen LogP contribution in [0.4, 0.5) is 39.5 Å². The SMILES string of the molecule is Cc1cc(-c2ccc3c(c2)c(=NC#N)c2nc4c(nc23)c(=NC#N)c2cc(-c3cc(C(F)(F)F)cc(C(F)(F)F)c3)ccc24)cc(C(F)(F)F)c1. The van der Waals surface area contributed by atoms with Crippen LogP contribution in [0, 0.1) is 29.8 Å². The van der Waals surface area contributed by atoms with E-state index in [0.717, 1.165) is 12.1 Å². The minimum atomic E-state index is -5.07. The fourth-order valence-electron chi connectivity index (χ4n) is 6.21. The maximum Gasteiger partial charge on any atom is 0.416 e. The number of aromatic nitrogens is 2. The van der Waals surface area contributed by atoms with Crippen molar-refractivity contribution in [2.45, 2.75) is 25.5 Å². The first kappa shape index (κ1) is 33.2. The highest BCUT2D eigenvalue weighted by Gasteiger charge is 2.37. The Bertz CT molecular complexity index is 2770. The van der Waals surface area contributed by atoms with Crippen molar-refractivity contribution < 1.29 is 39.5 Å². The smallest absolute Gasteiger partial charge is 0.241 e. The van der Waals surface area contributed by atoms with Gasteiger partial charge in [-0.05, 0) is 77.2 Å². The summed E-state index contributed by atoms with van der Waals surface area (Å²) in [5.74, 6) is 0. The van der Waals surface area contributed by atoms with Crippen LogP contribution in [0.5, 0.6) is 0 Å². The van der Waals surface area contributed by atoms with Crippen LogP contribution < -0.4 is 10.7 Å². The molecule has 0 spiro atoms. The molecule has 1 heterocycles. The maximum atomic E-state index is 13.6. The molecule has 7 aromatic rings. The number of fused-ring (bicyclic) bond motifs is 6. The average Bonchev–Trinajstić information content (AvgIpc) is 3.53. The molecule has 7 rings (SSSR count). The zero-order chi connectivity index (χ0) is 36.6. The number of nitriles is 2. The Kier molecular flexibility index (Phi) is 7.38. The van der Waals surface area contributed by atoms with E-state index in [9.17, 15) is 50.0 Å². The number of hydrogen-bond acceptors (Lipinski definition) is 6. The third-order valence-corrected chi connectivity index (χ3v) is 8.39. The standard InChI is InChI=1S/C36H15F9N6/c1-16-6-19(8-21(7-16)34(37,38)39)17-2-4-24-26(11-17)28(48-14-46)32-30(24)50-33-29(49-15-47)27-12-18(3-5-25(27)31(33)51-32)20-9-22(35(40,41)42)13-23(10-20)36(43,44)45/h2-13H,1H3. The first-order valence-electron chi connectivity index (χ1n) is 14.6. The molecule has 51 heavy (non-hydrogen) atoms. The second kappa shape index (κ2) is 11.3.